The quantitative estimate of drug-likeness (QED) is 0.182. The number of nitrogens with zero attached hydrogens (tertiary/aromatic N) is 2. The Morgan fingerprint density at radius 1 is 0.536 bits per heavy atom. The molecule has 282 valence electrons. The van der Waals surface area contributed by atoms with Crippen LogP contribution in [0.2, 0.25) is 0 Å². The zero-order chi connectivity index (χ0) is 39.5. The van der Waals surface area contributed by atoms with Crippen LogP contribution >= 0.6 is 0 Å². The summed E-state index contributed by atoms with van der Waals surface area (Å²) in [6.45, 7) is 0.203. The molecule has 8 rings (SSSR count). The van der Waals surface area contributed by atoms with E-state index >= 15 is 0 Å². The number of hydrogen-bond donors (Lipinski definition) is 2. The third-order valence-corrected chi connectivity index (χ3v) is 10.4. The lowest BCUT2D eigenvalue weighted by Gasteiger charge is -2.43. The Morgan fingerprint density at radius 3 is 1.23 bits per heavy atom. The number of hydrogen-bond acceptors (Lipinski definition) is 4. The summed E-state index contributed by atoms with van der Waals surface area (Å²) in [6.07, 6.45) is -5.12. The second-order valence-electron chi connectivity index (χ2n) is 13.7. The van der Waals surface area contributed by atoms with E-state index in [0.717, 1.165) is 24.3 Å². The molecule has 0 fully saturated rings. The number of alkyl halides is 6. The molecule has 0 radical (unpaired) electrons. The summed E-state index contributed by atoms with van der Waals surface area (Å²) < 4.78 is 86.4. The van der Waals surface area contributed by atoms with Gasteiger partial charge in [0.1, 0.15) is 0 Å². The molecule has 0 unspecified atom stereocenters. The normalized spacial score (nSPS) is 16.5. The topological polar surface area (TPSA) is 81.1 Å². The molecule has 2 aliphatic heterocycles. The SMILES string of the molecule is O=C(O)c1ccc(CN2C3=CC(C(F)(F)F)=CCC3=C(C3=C4CC=C(C(F)(F)F)C=C4N(Cc4ccc(C(=O)O)cc4)c4ccccc43)c3ccccc32)cc1. The summed E-state index contributed by atoms with van der Waals surface area (Å²) in [4.78, 5) is 26.6. The molecule has 0 aromatic heterocycles. The molecule has 0 bridgehead atoms. The second-order valence-corrected chi connectivity index (χ2v) is 13.7. The first-order chi connectivity index (χ1) is 26.7. The van der Waals surface area contributed by atoms with Crippen molar-refractivity contribution in [3.8, 4) is 0 Å². The Balaban J connectivity index is 1.35. The Kier molecular flexibility index (Phi) is 8.86. The van der Waals surface area contributed by atoms with Crippen molar-refractivity contribution < 1.29 is 46.1 Å². The van der Waals surface area contributed by atoms with E-state index in [-0.39, 0.29) is 48.5 Å². The number of benzene rings is 4. The van der Waals surface area contributed by atoms with Crippen molar-refractivity contribution in [1.82, 2.24) is 0 Å². The van der Waals surface area contributed by atoms with Crippen LogP contribution in [0.3, 0.4) is 0 Å². The van der Waals surface area contributed by atoms with Gasteiger partial charge in [0.15, 0.2) is 0 Å². The van der Waals surface area contributed by atoms with Crippen LogP contribution in [0.4, 0.5) is 37.7 Å². The summed E-state index contributed by atoms with van der Waals surface area (Å²) in [6, 6.07) is 26.6. The predicted octanol–water partition coefficient (Wildman–Crippen LogP) is 10.9. The minimum Gasteiger partial charge on any atom is -0.478 e. The number of allylic oxidation sites excluding steroid dienone is 10. The summed E-state index contributed by atoms with van der Waals surface area (Å²) in [5, 5.41) is 18.9. The van der Waals surface area contributed by atoms with Gasteiger partial charge in [-0.3, -0.25) is 0 Å². The molecule has 4 aromatic rings. The first kappa shape index (κ1) is 36.4. The van der Waals surface area contributed by atoms with Gasteiger partial charge in [0.25, 0.3) is 0 Å². The van der Waals surface area contributed by atoms with Crippen LogP contribution in [0.1, 0.15) is 55.8 Å². The number of aromatic carboxylic acids is 2. The third kappa shape index (κ3) is 6.50. The molecule has 0 saturated heterocycles. The van der Waals surface area contributed by atoms with Crippen molar-refractivity contribution >= 4 is 34.5 Å². The van der Waals surface area contributed by atoms with Crippen LogP contribution in [0.25, 0.3) is 11.1 Å². The van der Waals surface area contributed by atoms with Crippen molar-refractivity contribution in [3.05, 3.63) is 188 Å². The standard InChI is InChI=1S/C44H30F6N2O4/c45-43(46,47)29-17-19-33-37(21-29)51(23-25-9-13-27(14-10-25)41(53)54)35-7-3-1-5-31(35)39(33)40-32-6-2-4-8-36(32)52(24-26-11-15-28(16-12-26)42(55)56)38-22-30(44(48,49)50)18-20-34(38)40/h1-18,21-22H,19-20,23-24H2,(H,53,54)(H,55,56). The average Bonchev–Trinajstić information content (AvgIpc) is 3.17. The Bertz CT molecular complexity index is 2330. The van der Waals surface area contributed by atoms with E-state index in [9.17, 15) is 46.1 Å². The molecule has 0 saturated carbocycles. The van der Waals surface area contributed by atoms with Gasteiger partial charge in [0.05, 0.1) is 22.3 Å². The van der Waals surface area contributed by atoms with Crippen LogP contribution in [0.5, 0.6) is 0 Å². The van der Waals surface area contributed by atoms with Crippen molar-refractivity contribution in [2.45, 2.75) is 38.3 Å². The van der Waals surface area contributed by atoms with E-state index in [1.165, 1.54) is 24.3 Å². The van der Waals surface area contributed by atoms with Gasteiger partial charge in [-0.2, -0.15) is 26.3 Å². The summed E-state index contributed by atoms with van der Waals surface area (Å²) in [7, 11) is 0. The fraction of sp³-hybridized carbons (Fsp3) is 0.136. The van der Waals surface area contributed by atoms with Crippen LogP contribution < -0.4 is 9.80 Å². The largest absolute Gasteiger partial charge is 0.478 e. The summed E-state index contributed by atoms with van der Waals surface area (Å²) in [5.74, 6) is -2.23. The first-order valence-corrected chi connectivity index (χ1v) is 17.5. The molecular weight excluding hydrogens is 734 g/mol. The molecule has 2 aliphatic carbocycles. The fourth-order valence-electron chi connectivity index (χ4n) is 7.76. The molecule has 4 aromatic carbocycles. The van der Waals surface area contributed by atoms with Gasteiger partial charge in [-0.05, 0) is 94.8 Å². The highest BCUT2D eigenvalue weighted by atomic mass is 19.4. The van der Waals surface area contributed by atoms with Gasteiger partial charge in [0, 0.05) is 47.0 Å². The number of anilines is 2. The van der Waals surface area contributed by atoms with Crippen LogP contribution in [-0.4, -0.2) is 34.5 Å². The van der Waals surface area contributed by atoms with E-state index < -0.39 is 35.4 Å². The zero-order valence-electron chi connectivity index (χ0n) is 29.2. The molecule has 0 spiro atoms. The van der Waals surface area contributed by atoms with Crippen molar-refractivity contribution in [3.63, 3.8) is 0 Å². The Morgan fingerprint density at radius 2 is 0.893 bits per heavy atom. The number of carboxylic acids is 2. The molecular formula is C44H30F6N2O4. The molecule has 12 heteroatoms. The Labute approximate surface area is 316 Å². The maximum Gasteiger partial charge on any atom is 0.416 e. The first-order valence-electron chi connectivity index (χ1n) is 17.5. The average molecular weight is 765 g/mol. The number of halogens is 6. The maximum absolute atomic E-state index is 14.4. The van der Waals surface area contributed by atoms with E-state index in [0.29, 0.717) is 55.9 Å². The van der Waals surface area contributed by atoms with E-state index in [1.54, 1.807) is 70.5 Å². The molecule has 56 heavy (non-hydrogen) atoms. The molecule has 4 aliphatic rings. The van der Waals surface area contributed by atoms with E-state index in [2.05, 4.69) is 0 Å². The van der Waals surface area contributed by atoms with Crippen molar-refractivity contribution in [1.29, 1.82) is 0 Å². The highest BCUT2D eigenvalue weighted by Gasteiger charge is 2.42. The molecule has 6 nitrogen and oxygen atoms in total. The summed E-state index contributed by atoms with van der Waals surface area (Å²) in [5.41, 5.74) is 5.10. The van der Waals surface area contributed by atoms with Gasteiger partial charge in [-0.15, -0.1) is 0 Å². The smallest absolute Gasteiger partial charge is 0.416 e. The van der Waals surface area contributed by atoms with Gasteiger partial charge in [-0.25, -0.2) is 9.59 Å². The van der Waals surface area contributed by atoms with E-state index in [4.69, 9.17) is 0 Å². The third-order valence-electron chi connectivity index (χ3n) is 10.4. The number of rotatable bonds is 7. The number of fused-ring (bicyclic) bond motifs is 4. The van der Waals surface area contributed by atoms with Crippen LogP contribution in [0, 0.1) is 0 Å². The molecule has 2 heterocycles. The van der Waals surface area contributed by atoms with Gasteiger partial charge >= 0.3 is 24.3 Å². The minimum absolute atomic E-state index is 0.0598. The minimum atomic E-state index is -4.66. The predicted molar refractivity (Wildman–Crippen MR) is 200 cm³/mol. The molecule has 0 amide bonds. The maximum atomic E-state index is 14.4. The fourth-order valence-corrected chi connectivity index (χ4v) is 7.76. The second kappa shape index (κ2) is 13.6. The zero-order valence-corrected chi connectivity index (χ0v) is 29.2. The van der Waals surface area contributed by atoms with E-state index in [1.807, 2.05) is 12.1 Å². The van der Waals surface area contributed by atoms with Crippen LogP contribution in [0.15, 0.2) is 155 Å². The highest BCUT2D eigenvalue weighted by molar-refractivity contribution is 6.16. The van der Waals surface area contributed by atoms with Gasteiger partial charge in [0.2, 0.25) is 0 Å². The van der Waals surface area contributed by atoms with Crippen molar-refractivity contribution in [2.24, 2.45) is 0 Å². The van der Waals surface area contributed by atoms with Crippen molar-refractivity contribution in [2.75, 3.05) is 9.80 Å². The lowest BCUT2D eigenvalue weighted by atomic mass is 9.75. The van der Waals surface area contributed by atoms with Crippen LogP contribution in [-0.2, 0) is 13.1 Å². The number of carboxylic acid groups (broad SMARTS) is 2. The number of carbonyl (C=O) groups is 2. The lowest BCUT2D eigenvalue weighted by molar-refractivity contribution is -0.0894. The summed E-state index contributed by atoms with van der Waals surface area (Å²) >= 11 is 0. The highest BCUT2D eigenvalue weighted by Crippen LogP contribution is 2.56. The number of para-hydroxylation sites is 2. The lowest BCUT2D eigenvalue weighted by Crippen LogP contribution is -2.33. The van der Waals surface area contributed by atoms with Gasteiger partial charge < -0.3 is 20.0 Å². The monoisotopic (exact) mass is 764 g/mol. The Hall–Kier alpha value is -6.56. The molecule has 0 atom stereocenters. The molecule has 2 N–H and O–H groups in total. The van der Waals surface area contributed by atoms with Gasteiger partial charge in [-0.1, -0.05) is 72.8 Å².